The zero-order valence-electron chi connectivity index (χ0n) is 17.6. The second-order valence-corrected chi connectivity index (χ2v) is 7.10. The molecule has 4 rings (SSSR count). The van der Waals surface area contributed by atoms with Gasteiger partial charge < -0.3 is 14.5 Å². The Balaban J connectivity index is 1.53. The number of carbonyl (C=O) groups excluding carboxylic acids is 2. The zero-order chi connectivity index (χ0) is 22.3. The Morgan fingerprint density at radius 3 is 2.19 bits per heavy atom. The van der Waals surface area contributed by atoms with Gasteiger partial charge in [0.15, 0.2) is 11.7 Å². The SMILES string of the molecule is COC(=O)c1ccccc1NC(=O)CCc1nc(-c2ccccc2)c(-c2ccccc2)o1. The molecule has 1 N–H and O–H groups in total. The molecule has 0 aliphatic carbocycles. The Morgan fingerprint density at radius 1 is 0.875 bits per heavy atom. The highest BCUT2D eigenvalue weighted by molar-refractivity contribution is 6.01. The molecule has 0 saturated heterocycles. The van der Waals surface area contributed by atoms with E-state index >= 15 is 0 Å². The number of methoxy groups -OCH3 is 1. The van der Waals surface area contributed by atoms with Crippen molar-refractivity contribution in [2.24, 2.45) is 0 Å². The number of esters is 1. The van der Waals surface area contributed by atoms with E-state index in [1.165, 1.54) is 7.11 Å². The molecule has 0 saturated carbocycles. The molecular weight excluding hydrogens is 404 g/mol. The molecule has 1 aromatic heterocycles. The fraction of sp³-hybridized carbons (Fsp3) is 0.115. The van der Waals surface area contributed by atoms with Crippen LogP contribution in [0.15, 0.2) is 89.3 Å². The van der Waals surface area contributed by atoms with Gasteiger partial charge in [-0.3, -0.25) is 4.79 Å². The second kappa shape index (κ2) is 9.75. The standard InChI is InChI=1S/C26H22N2O4/c1-31-26(30)20-14-8-9-15-21(20)27-22(29)16-17-23-28-24(18-10-4-2-5-11-18)25(32-23)19-12-6-3-7-13-19/h2-15H,16-17H2,1H3,(H,27,29). The van der Waals surface area contributed by atoms with Crippen LogP contribution in [0.2, 0.25) is 0 Å². The lowest BCUT2D eigenvalue weighted by Crippen LogP contribution is -2.15. The fourth-order valence-electron chi connectivity index (χ4n) is 3.36. The van der Waals surface area contributed by atoms with Crippen molar-refractivity contribution in [3.8, 4) is 22.6 Å². The van der Waals surface area contributed by atoms with E-state index in [9.17, 15) is 9.59 Å². The number of nitrogens with one attached hydrogen (secondary N) is 1. The van der Waals surface area contributed by atoms with Gasteiger partial charge in [-0.15, -0.1) is 0 Å². The Kier molecular flexibility index (Phi) is 6.41. The number of aryl methyl sites for hydroxylation is 1. The molecule has 0 aliphatic rings. The minimum absolute atomic E-state index is 0.151. The molecule has 4 aromatic rings. The summed E-state index contributed by atoms with van der Waals surface area (Å²) in [6.07, 6.45) is 0.470. The monoisotopic (exact) mass is 426 g/mol. The van der Waals surface area contributed by atoms with Crippen LogP contribution in [0, 0.1) is 0 Å². The number of benzene rings is 3. The Morgan fingerprint density at radius 2 is 1.50 bits per heavy atom. The molecule has 0 atom stereocenters. The summed E-state index contributed by atoms with van der Waals surface area (Å²) in [5.74, 6) is 0.387. The van der Waals surface area contributed by atoms with Gasteiger partial charge in [-0.05, 0) is 12.1 Å². The van der Waals surface area contributed by atoms with Gasteiger partial charge in [0, 0.05) is 24.0 Å². The number of carbonyl (C=O) groups is 2. The number of ether oxygens (including phenoxy) is 1. The molecule has 160 valence electrons. The summed E-state index contributed by atoms with van der Waals surface area (Å²) in [7, 11) is 1.30. The molecule has 6 nitrogen and oxygen atoms in total. The molecule has 32 heavy (non-hydrogen) atoms. The fourth-order valence-corrected chi connectivity index (χ4v) is 3.36. The summed E-state index contributed by atoms with van der Waals surface area (Å²) in [5, 5.41) is 2.77. The van der Waals surface area contributed by atoms with E-state index in [-0.39, 0.29) is 12.3 Å². The number of aromatic nitrogens is 1. The van der Waals surface area contributed by atoms with E-state index in [1.54, 1.807) is 24.3 Å². The van der Waals surface area contributed by atoms with Gasteiger partial charge in [0.1, 0.15) is 5.69 Å². The van der Waals surface area contributed by atoms with Crippen molar-refractivity contribution < 1.29 is 18.7 Å². The average Bonchev–Trinajstić information content (AvgIpc) is 3.28. The average molecular weight is 426 g/mol. The topological polar surface area (TPSA) is 81.4 Å². The van der Waals surface area contributed by atoms with Crippen LogP contribution in [0.4, 0.5) is 5.69 Å². The van der Waals surface area contributed by atoms with Gasteiger partial charge in [0.2, 0.25) is 5.91 Å². The summed E-state index contributed by atoms with van der Waals surface area (Å²) >= 11 is 0. The van der Waals surface area contributed by atoms with Crippen LogP contribution in [0.3, 0.4) is 0 Å². The molecule has 0 unspecified atom stereocenters. The molecular formula is C26H22N2O4. The van der Waals surface area contributed by atoms with Gasteiger partial charge in [0.05, 0.1) is 18.4 Å². The van der Waals surface area contributed by atoms with Crippen LogP contribution in [0.25, 0.3) is 22.6 Å². The summed E-state index contributed by atoms with van der Waals surface area (Å²) in [6, 6.07) is 26.3. The Hall–Kier alpha value is -4.19. The molecule has 0 spiro atoms. The summed E-state index contributed by atoms with van der Waals surface area (Å²) < 4.78 is 10.8. The van der Waals surface area contributed by atoms with Crippen LogP contribution < -0.4 is 5.32 Å². The first-order valence-electron chi connectivity index (χ1n) is 10.2. The molecule has 1 heterocycles. The van der Waals surface area contributed by atoms with Gasteiger partial charge in [-0.1, -0.05) is 72.8 Å². The van der Waals surface area contributed by atoms with Gasteiger partial charge in [-0.25, -0.2) is 9.78 Å². The van der Waals surface area contributed by atoms with Gasteiger partial charge in [-0.2, -0.15) is 0 Å². The highest BCUT2D eigenvalue weighted by Gasteiger charge is 2.18. The molecule has 0 aliphatic heterocycles. The largest absolute Gasteiger partial charge is 0.465 e. The smallest absolute Gasteiger partial charge is 0.339 e. The quantitative estimate of drug-likeness (QED) is 0.402. The predicted molar refractivity (Wildman–Crippen MR) is 122 cm³/mol. The van der Waals surface area contributed by atoms with Crippen molar-refractivity contribution >= 4 is 17.6 Å². The lowest BCUT2D eigenvalue weighted by molar-refractivity contribution is -0.116. The minimum atomic E-state index is -0.506. The Labute approximate surface area is 185 Å². The van der Waals surface area contributed by atoms with E-state index < -0.39 is 5.97 Å². The van der Waals surface area contributed by atoms with Crippen molar-refractivity contribution in [3.63, 3.8) is 0 Å². The van der Waals surface area contributed by atoms with Crippen molar-refractivity contribution in [1.82, 2.24) is 4.98 Å². The third-order valence-corrected chi connectivity index (χ3v) is 4.93. The van der Waals surface area contributed by atoms with E-state index in [4.69, 9.17) is 9.15 Å². The van der Waals surface area contributed by atoms with Crippen molar-refractivity contribution in [2.75, 3.05) is 12.4 Å². The number of hydrogen-bond acceptors (Lipinski definition) is 5. The highest BCUT2D eigenvalue weighted by Crippen LogP contribution is 2.32. The second-order valence-electron chi connectivity index (χ2n) is 7.10. The third kappa shape index (κ3) is 4.75. The summed E-state index contributed by atoms with van der Waals surface area (Å²) in [6.45, 7) is 0. The Bertz CT molecular complexity index is 1160. The van der Waals surface area contributed by atoms with Gasteiger partial charge in [0.25, 0.3) is 0 Å². The van der Waals surface area contributed by atoms with E-state index in [0.717, 1.165) is 16.8 Å². The van der Waals surface area contributed by atoms with Crippen LogP contribution in [-0.4, -0.2) is 24.0 Å². The number of hydrogen-bond donors (Lipinski definition) is 1. The maximum Gasteiger partial charge on any atom is 0.339 e. The van der Waals surface area contributed by atoms with Crippen LogP contribution in [0.1, 0.15) is 22.7 Å². The first-order valence-corrected chi connectivity index (χ1v) is 10.2. The number of oxazole rings is 1. The molecule has 0 radical (unpaired) electrons. The number of nitrogens with zero attached hydrogens (tertiary/aromatic N) is 1. The summed E-state index contributed by atoms with van der Waals surface area (Å²) in [4.78, 5) is 29.1. The number of amides is 1. The predicted octanol–water partition coefficient (Wildman–Crippen LogP) is 5.37. The normalized spacial score (nSPS) is 10.5. The molecule has 0 bridgehead atoms. The van der Waals surface area contributed by atoms with E-state index in [0.29, 0.717) is 29.3 Å². The number of para-hydroxylation sites is 1. The van der Waals surface area contributed by atoms with Crippen molar-refractivity contribution in [3.05, 3.63) is 96.4 Å². The maximum absolute atomic E-state index is 12.5. The summed E-state index contributed by atoms with van der Waals surface area (Å²) in [5.41, 5.74) is 3.31. The molecule has 6 heteroatoms. The number of anilines is 1. The van der Waals surface area contributed by atoms with Gasteiger partial charge >= 0.3 is 5.97 Å². The molecule has 3 aromatic carbocycles. The van der Waals surface area contributed by atoms with Crippen molar-refractivity contribution in [2.45, 2.75) is 12.8 Å². The zero-order valence-corrected chi connectivity index (χ0v) is 17.6. The first-order chi connectivity index (χ1) is 15.7. The van der Waals surface area contributed by atoms with Crippen molar-refractivity contribution in [1.29, 1.82) is 0 Å². The van der Waals surface area contributed by atoms with E-state index in [1.807, 2.05) is 60.7 Å². The van der Waals surface area contributed by atoms with E-state index in [2.05, 4.69) is 10.3 Å². The lowest BCUT2D eigenvalue weighted by Gasteiger charge is -2.09. The van der Waals surface area contributed by atoms with Crippen LogP contribution in [0.5, 0.6) is 0 Å². The number of rotatable bonds is 7. The first kappa shape index (κ1) is 21.1. The van der Waals surface area contributed by atoms with Crippen LogP contribution >= 0.6 is 0 Å². The molecule has 0 fully saturated rings. The lowest BCUT2D eigenvalue weighted by atomic mass is 10.1. The minimum Gasteiger partial charge on any atom is -0.465 e. The van der Waals surface area contributed by atoms with Crippen LogP contribution in [-0.2, 0) is 16.0 Å². The highest BCUT2D eigenvalue weighted by atomic mass is 16.5. The molecule has 1 amide bonds. The third-order valence-electron chi connectivity index (χ3n) is 4.93. The maximum atomic E-state index is 12.5.